The van der Waals surface area contributed by atoms with Crippen molar-refractivity contribution in [2.75, 3.05) is 28.4 Å². The fraction of sp³-hybridized carbons (Fsp3) is 0.875. The summed E-state index contributed by atoms with van der Waals surface area (Å²) in [6.07, 6.45) is 0. The fourth-order valence-electron chi connectivity index (χ4n) is 1.36. The number of ether oxygens (including phenoxy) is 1. The van der Waals surface area contributed by atoms with E-state index in [9.17, 15) is 13.9 Å². The summed E-state index contributed by atoms with van der Waals surface area (Å²) in [4.78, 5) is 11.1. The molecule has 8 nitrogen and oxygen atoms in total. The summed E-state index contributed by atoms with van der Waals surface area (Å²) in [5.41, 5.74) is 0. The third-order valence-electron chi connectivity index (χ3n) is 2.31. The van der Waals surface area contributed by atoms with Crippen LogP contribution in [0.5, 0.6) is 0 Å². The van der Waals surface area contributed by atoms with Gasteiger partial charge in [0.25, 0.3) is 0 Å². The topological polar surface area (TPSA) is 97.4 Å². The van der Waals surface area contributed by atoms with Gasteiger partial charge in [0.15, 0.2) is 0 Å². The second kappa shape index (κ2) is 6.28. The Morgan fingerprint density at radius 1 is 0.889 bits per heavy atom. The van der Waals surface area contributed by atoms with Gasteiger partial charge in [-0.25, -0.2) is 0 Å². The summed E-state index contributed by atoms with van der Waals surface area (Å²) in [5, 5.41) is -2.20. The van der Waals surface area contributed by atoms with Crippen LogP contribution in [0.15, 0.2) is 0 Å². The van der Waals surface area contributed by atoms with Gasteiger partial charge in [0.2, 0.25) is 0 Å². The monoisotopic (exact) mass is 304 g/mol. The third-order valence-corrected chi connectivity index (χ3v) is 7.92. The van der Waals surface area contributed by atoms with Crippen LogP contribution in [-0.2, 0) is 36.8 Å². The van der Waals surface area contributed by atoms with Gasteiger partial charge in [-0.05, 0) is 6.92 Å². The lowest BCUT2D eigenvalue weighted by Crippen LogP contribution is -2.33. The van der Waals surface area contributed by atoms with E-state index in [2.05, 4.69) is 0 Å². The van der Waals surface area contributed by atoms with Crippen molar-refractivity contribution < 1.29 is 36.8 Å². The molecule has 0 rings (SSSR count). The molecule has 10 heteroatoms. The van der Waals surface area contributed by atoms with Crippen LogP contribution in [0, 0.1) is 0 Å². The van der Waals surface area contributed by atoms with Crippen LogP contribution in [0.25, 0.3) is 0 Å². The van der Waals surface area contributed by atoms with Crippen LogP contribution in [0.1, 0.15) is 13.8 Å². The van der Waals surface area contributed by atoms with Gasteiger partial charge in [-0.2, -0.15) is 0 Å². The van der Waals surface area contributed by atoms with Crippen molar-refractivity contribution in [2.45, 2.75) is 18.9 Å². The summed E-state index contributed by atoms with van der Waals surface area (Å²) in [5.74, 6) is -0.832. The Balaban J connectivity index is 5.95. The predicted octanol–water partition coefficient (Wildman–Crippen LogP) is 2.20. The summed E-state index contributed by atoms with van der Waals surface area (Å²) < 4.78 is 48.6. The van der Waals surface area contributed by atoms with E-state index in [1.165, 1.54) is 0 Å². The van der Waals surface area contributed by atoms with Crippen molar-refractivity contribution in [1.29, 1.82) is 0 Å². The zero-order valence-electron chi connectivity index (χ0n) is 11.2. The summed E-state index contributed by atoms with van der Waals surface area (Å²) >= 11 is 0. The van der Waals surface area contributed by atoms with Crippen molar-refractivity contribution in [3.63, 3.8) is 0 Å². The number of carbonyl (C=O) groups excluding carboxylic acids is 1. The van der Waals surface area contributed by atoms with Crippen molar-refractivity contribution in [2.24, 2.45) is 0 Å². The molecule has 108 valence electrons. The van der Waals surface area contributed by atoms with Gasteiger partial charge in [-0.15, -0.1) is 0 Å². The standard InChI is InChI=1S/C8H18O8P2/c1-7(9)16-8(2,17(10,12-3)13-4)18(11,14-5)15-6/h1-6H3. The van der Waals surface area contributed by atoms with Crippen LogP contribution < -0.4 is 0 Å². The molecular formula is C8H18O8P2. The minimum atomic E-state index is -4.07. The van der Waals surface area contributed by atoms with Crippen LogP contribution in [0.2, 0.25) is 0 Å². The largest absolute Gasteiger partial charge is 0.433 e. The highest BCUT2D eigenvalue weighted by Crippen LogP contribution is 2.77. The van der Waals surface area contributed by atoms with Crippen molar-refractivity contribution in [1.82, 2.24) is 0 Å². The van der Waals surface area contributed by atoms with Crippen molar-refractivity contribution >= 4 is 21.2 Å². The van der Waals surface area contributed by atoms with Gasteiger partial charge in [0, 0.05) is 35.4 Å². The van der Waals surface area contributed by atoms with Gasteiger partial charge in [0.1, 0.15) is 0 Å². The zero-order chi connectivity index (χ0) is 14.6. The van der Waals surface area contributed by atoms with Crippen molar-refractivity contribution in [3.8, 4) is 0 Å². The molecule has 0 unspecified atom stereocenters. The maximum absolute atomic E-state index is 12.4. The minimum absolute atomic E-state index is 0.832. The first-order chi connectivity index (χ1) is 8.16. The molecule has 0 aromatic carbocycles. The highest BCUT2D eigenvalue weighted by molar-refractivity contribution is 7.73. The highest BCUT2D eigenvalue weighted by Gasteiger charge is 2.64. The Hall–Kier alpha value is -0.230. The maximum Gasteiger partial charge on any atom is 0.385 e. The lowest BCUT2D eigenvalue weighted by Gasteiger charge is -2.36. The van der Waals surface area contributed by atoms with E-state index in [1.54, 1.807) is 0 Å². The molecule has 18 heavy (non-hydrogen) atoms. The Labute approximate surface area is 106 Å². The second-order valence-electron chi connectivity index (χ2n) is 3.25. The molecule has 0 aliphatic carbocycles. The van der Waals surface area contributed by atoms with Crippen LogP contribution in [0.4, 0.5) is 0 Å². The summed E-state index contributed by atoms with van der Waals surface area (Å²) in [6.45, 7) is 2.17. The molecule has 0 fully saturated rings. The molecule has 0 amide bonds. The number of esters is 1. The third kappa shape index (κ3) is 2.85. The zero-order valence-corrected chi connectivity index (χ0v) is 12.9. The Bertz CT molecular complexity index is 351. The van der Waals surface area contributed by atoms with E-state index in [1.807, 2.05) is 0 Å². The van der Waals surface area contributed by atoms with E-state index in [4.69, 9.17) is 22.8 Å². The Morgan fingerprint density at radius 3 is 1.33 bits per heavy atom. The molecule has 0 saturated carbocycles. The van der Waals surface area contributed by atoms with Gasteiger partial charge >= 0.3 is 26.2 Å². The molecule has 0 atom stereocenters. The van der Waals surface area contributed by atoms with E-state index in [-0.39, 0.29) is 0 Å². The van der Waals surface area contributed by atoms with E-state index >= 15 is 0 Å². The van der Waals surface area contributed by atoms with Crippen LogP contribution in [-0.4, -0.2) is 39.5 Å². The predicted molar refractivity (Wildman–Crippen MR) is 63.4 cm³/mol. The molecule has 0 aromatic rings. The van der Waals surface area contributed by atoms with E-state index in [0.717, 1.165) is 42.3 Å². The minimum Gasteiger partial charge on any atom is -0.433 e. The normalized spacial score (nSPS) is 13.4. The maximum atomic E-state index is 12.4. The first-order valence-electron chi connectivity index (χ1n) is 4.79. The number of rotatable bonds is 7. The highest BCUT2D eigenvalue weighted by atomic mass is 31.2. The molecule has 0 spiro atoms. The molecule has 0 radical (unpaired) electrons. The SMILES string of the molecule is COP(=O)(OC)C(C)(OC(C)=O)P(=O)(OC)OC. The molecule has 0 saturated heterocycles. The molecule has 0 N–H and O–H groups in total. The first kappa shape index (κ1) is 17.8. The van der Waals surface area contributed by atoms with Crippen LogP contribution in [0.3, 0.4) is 0 Å². The van der Waals surface area contributed by atoms with Gasteiger partial charge in [0.05, 0.1) is 0 Å². The molecule has 0 heterocycles. The van der Waals surface area contributed by atoms with E-state index < -0.39 is 26.2 Å². The van der Waals surface area contributed by atoms with Gasteiger partial charge in [-0.1, -0.05) is 0 Å². The first-order valence-corrected chi connectivity index (χ1v) is 7.87. The smallest absolute Gasteiger partial charge is 0.385 e. The van der Waals surface area contributed by atoms with E-state index in [0.29, 0.717) is 0 Å². The summed E-state index contributed by atoms with van der Waals surface area (Å²) in [7, 11) is -3.85. The second-order valence-corrected chi connectivity index (χ2v) is 8.76. The van der Waals surface area contributed by atoms with Crippen LogP contribution >= 0.6 is 15.2 Å². The quantitative estimate of drug-likeness (QED) is 0.521. The Morgan fingerprint density at radius 2 is 1.17 bits per heavy atom. The lowest BCUT2D eigenvalue weighted by molar-refractivity contribution is -0.146. The lowest BCUT2D eigenvalue weighted by atomic mass is 10.7. The average Bonchev–Trinajstić information content (AvgIpc) is 2.35. The fourth-order valence-corrected chi connectivity index (χ4v) is 5.67. The molecule has 0 aliphatic heterocycles. The number of hydrogen-bond acceptors (Lipinski definition) is 8. The molecule has 0 aliphatic rings. The Kier molecular flexibility index (Phi) is 6.20. The van der Waals surface area contributed by atoms with Crippen molar-refractivity contribution in [3.05, 3.63) is 0 Å². The number of hydrogen-bond donors (Lipinski definition) is 0. The summed E-state index contributed by atoms with van der Waals surface area (Å²) in [6, 6.07) is 0. The van der Waals surface area contributed by atoms with Gasteiger partial charge in [-0.3, -0.25) is 13.9 Å². The average molecular weight is 304 g/mol. The number of carbonyl (C=O) groups is 1. The molecule has 0 aromatic heterocycles. The molecular weight excluding hydrogens is 286 g/mol. The van der Waals surface area contributed by atoms with Gasteiger partial charge < -0.3 is 22.8 Å². The molecule has 0 bridgehead atoms.